The molecule has 3 aromatic carbocycles. The van der Waals surface area contributed by atoms with E-state index in [4.69, 9.17) is 4.99 Å². The normalized spacial score (nSPS) is 15.1. The summed E-state index contributed by atoms with van der Waals surface area (Å²) in [4.78, 5) is 19.6. The van der Waals surface area contributed by atoms with Crippen LogP contribution < -0.4 is 4.90 Å². The number of para-hydroxylation sites is 1. The highest BCUT2D eigenvalue weighted by Crippen LogP contribution is 2.31. The second-order valence-corrected chi connectivity index (χ2v) is 7.97. The minimum absolute atomic E-state index is 0.0943. The van der Waals surface area contributed by atoms with E-state index in [1.165, 1.54) is 16.7 Å². The van der Waals surface area contributed by atoms with Gasteiger partial charge in [-0.15, -0.1) is 0 Å². The van der Waals surface area contributed by atoms with Crippen molar-refractivity contribution in [3.05, 3.63) is 107 Å². The standard InChI is InChI=1S/C25H22N2OS/c1-18-13-14-21(19(2)15-18)17-29-25-26-23(16-20-9-5-3-6-10-20)24(28)27(25)22-11-7-4-8-12-22/h3-16H,17H2,1-2H3/b23-16+. The lowest BCUT2D eigenvalue weighted by Crippen LogP contribution is -2.30. The lowest BCUT2D eigenvalue weighted by Gasteiger charge is -2.18. The number of aliphatic imine (C=N–C) groups is 1. The van der Waals surface area contributed by atoms with Crippen LogP contribution in [0.15, 0.2) is 89.6 Å². The molecule has 0 atom stereocenters. The number of aryl methyl sites for hydroxylation is 2. The summed E-state index contributed by atoms with van der Waals surface area (Å²) in [5.41, 5.74) is 6.03. The predicted octanol–water partition coefficient (Wildman–Crippen LogP) is 5.98. The molecule has 1 aliphatic rings. The van der Waals surface area contributed by atoms with Gasteiger partial charge in [0.05, 0.1) is 5.69 Å². The summed E-state index contributed by atoms with van der Waals surface area (Å²) in [7, 11) is 0. The number of amidine groups is 1. The molecule has 0 N–H and O–H groups in total. The van der Waals surface area contributed by atoms with Crippen LogP contribution in [0.25, 0.3) is 6.08 Å². The van der Waals surface area contributed by atoms with Gasteiger partial charge in [-0.3, -0.25) is 9.69 Å². The van der Waals surface area contributed by atoms with Gasteiger partial charge in [0.1, 0.15) is 5.70 Å². The molecular weight excluding hydrogens is 376 g/mol. The maximum Gasteiger partial charge on any atom is 0.283 e. The topological polar surface area (TPSA) is 32.7 Å². The van der Waals surface area contributed by atoms with E-state index in [2.05, 4.69) is 32.0 Å². The fourth-order valence-corrected chi connectivity index (χ4v) is 4.34. The van der Waals surface area contributed by atoms with E-state index in [0.717, 1.165) is 17.0 Å². The van der Waals surface area contributed by atoms with Crippen LogP contribution in [0.4, 0.5) is 5.69 Å². The molecular formula is C25H22N2OS. The minimum atomic E-state index is -0.0943. The number of benzene rings is 3. The first kappa shape index (κ1) is 19.2. The molecule has 4 heteroatoms. The Kier molecular flexibility index (Phi) is 5.63. The molecule has 3 nitrogen and oxygen atoms in total. The molecule has 0 saturated heterocycles. The van der Waals surface area contributed by atoms with Crippen molar-refractivity contribution in [2.75, 3.05) is 4.90 Å². The number of nitrogens with zero attached hydrogens (tertiary/aromatic N) is 2. The molecule has 29 heavy (non-hydrogen) atoms. The van der Waals surface area contributed by atoms with Crippen LogP contribution in [0.3, 0.4) is 0 Å². The Bertz CT molecular complexity index is 1090. The first-order chi connectivity index (χ1) is 14.1. The smallest absolute Gasteiger partial charge is 0.266 e. The summed E-state index contributed by atoms with van der Waals surface area (Å²) in [6.07, 6.45) is 1.85. The van der Waals surface area contributed by atoms with Gasteiger partial charge in [0.2, 0.25) is 0 Å². The molecule has 1 aliphatic heterocycles. The SMILES string of the molecule is Cc1ccc(CSC2=N/C(=C/c3ccccc3)C(=O)N2c2ccccc2)c(C)c1. The van der Waals surface area contributed by atoms with Gasteiger partial charge in [-0.05, 0) is 48.7 Å². The van der Waals surface area contributed by atoms with Crippen LogP contribution in [-0.2, 0) is 10.5 Å². The minimum Gasteiger partial charge on any atom is -0.266 e. The van der Waals surface area contributed by atoms with Crippen molar-refractivity contribution < 1.29 is 4.79 Å². The van der Waals surface area contributed by atoms with Crippen molar-refractivity contribution in [2.45, 2.75) is 19.6 Å². The summed E-state index contributed by atoms with van der Waals surface area (Å²) in [6.45, 7) is 4.22. The number of carbonyl (C=O) groups is 1. The molecule has 0 fully saturated rings. The summed E-state index contributed by atoms with van der Waals surface area (Å²) in [5, 5.41) is 0.711. The van der Waals surface area contributed by atoms with Crippen LogP contribution in [0.2, 0.25) is 0 Å². The number of hydrogen-bond acceptors (Lipinski definition) is 3. The fraction of sp³-hybridized carbons (Fsp3) is 0.120. The molecule has 1 amide bonds. The van der Waals surface area contributed by atoms with Crippen molar-refractivity contribution in [1.82, 2.24) is 0 Å². The van der Waals surface area contributed by atoms with Crippen molar-refractivity contribution >= 4 is 34.6 Å². The average molecular weight is 399 g/mol. The summed E-state index contributed by atoms with van der Waals surface area (Å²) >= 11 is 1.59. The van der Waals surface area contributed by atoms with E-state index in [1.54, 1.807) is 16.7 Å². The highest BCUT2D eigenvalue weighted by molar-refractivity contribution is 8.13. The van der Waals surface area contributed by atoms with E-state index in [9.17, 15) is 4.79 Å². The van der Waals surface area contributed by atoms with Crippen molar-refractivity contribution in [3.8, 4) is 0 Å². The average Bonchev–Trinajstić information content (AvgIpc) is 3.04. The molecule has 0 aliphatic carbocycles. The Morgan fingerprint density at radius 1 is 0.931 bits per heavy atom. The van der Waals surface area contributed by atoms with Gasteiger partial charge < -0.3 is 0 Å². The van der Waals surface area contributed by atoms with Gasteiger partial charge in [0.25, 0.3) is 5.91 Å². The predicted molar refractivity (Wildman–Crippen MR) is 123 cm³/mol. The number of anilines is 1. The monoisotopic (exact) mass is 398 g/mol. The van der Waals surface area contributed by atoms with Crippen molar-refractivity contribution in [2.24, 2.45) is 4.99 Å². The molecule has 0 aromatic heterocycles. The molecule has 0 saturated carbocycles. The third kappa shape index (κ3) is 4.33. The van der Waals surface area contributed by atoms with Crippen LogP contribution in [0, 0.1) is 13.8 Å². The van der Waals surface area contributed by atoms with Crippen molar-refractivity contribution in [1.29, 1.82) is 0 Å². The Morgan fingerprint density at radius 3 is 2.31 bits per heavy atom. The third-order valence-corrected chi connectivity index (χ3v) is 5.79. The van der Waals surface area contributed by atoms with Gasteiger partial charge in [-0.1, -0.05) is 84.1 Å². The molecule has 0 unspecified atom stereocenters. The maximum absolute atomic E-state index is 13.2. The summed E-state index contributed by atoms with van der Waals surface area (Å²) < 4.78 is 0. The highest BCUT2D eigenvalue weighted by atomic mass is 32.2. The van der Waals surface area contributed by atoms with E-state index < -0.39 is 0 Å². The van der Waals surface area contributed by atoms with Crippen molar-refractivity contribution in [3.63, 3.8) is 0 Å². The Hall–Kier alpha value is -3.11. The maximum atomic E-state index is 13.2. The number of rotatable bonds is 4. The van der Waals surface area contributed by atoms with Gasteiger partial charge in [0, 0.05) is 5.75 Å². The zero-order chi connectivity index (χ0) is 20.2. The Balaban J connectivity index is 1.65. The molecule has 4 rings (SSSR count). The van der Waals surface area contributed by atoms with Crippen LogP contribution in [0.5, 0.6) is 0 Å². The summed E-state index contributed by atoms with van der Waals surface area (Å²) in [5.74, 6) is 0.670. The lowest BCUT2D eigenvalue weighted by atomic mass is 10.1. The third-order valence-electron chi connectivity index (χ3n) is 4.80. The van der Waals surface area contributed by atoms with Gasteiger partial charge in [-0.2, -0.15) is 0 Å². The molecule has 3 aromatic rings. The highest BCUT2D eigenvalue weighted by Gasteiger charge is 2.31. The van der Waals surface area contributed by atoms with Gasteiger partial charge >= 0.3 is 0 Å². The molecule has 144 valence electrons. The van der Waals surface area contributed by atoms with Crippen LogP contribution in [-0.4, -0.2) is 11.1 Å². The molecule has 0 radical (unpaired) electrons. The number of hydrogen-bond donors (Lipinski definition) is 0. The Labute approximate surface area is 175 Å². The number of thioether (sulfide) groups is 1. The first-order valence-corrected chi connectivity index (χ1v) is 10.5. The largest absolute Gasteiger partial charge is 0.283 e. The zero-order valence-corrected chi connectivity index (χ0v) is 17.3. The first-order valence-electron chi connectivity index (χ1n) is 9.56. The number of carbonyl (C=O) groups excluding carboxylic acids is 1. The summed E-state index contributed by atoms with van der Waals surface area (Å²) in [6, 6.07) is 26.0. The molecule has 0 bridgehead atoms. The van der Waals surface area contributed by atoms with E-state index in [-0.39, 0.29) is 5.91 Å². The quantitative estimate of drug-likeness (QED) is 0.506. The van der Waals surface area contributed by atoms with Gasteiger partial charge in [-0.25, -0.2) is 4.99 Å². The zero-order valence-electron chi connectivity index (χ0n) is 16.5. The number of amides is 1. The molecule has 0 spiro atoms. The lowest BCUT2D eigenvalue weighted by molar-refractivity contribution is -0.113. The molecule has 1 heterocycles. The second kappa shape index (κ2) is 8.50. The second-order valence-electron chi connectivity index (χ2n) is 7.03. The Morgan fingerprint density at radius 2 is 1.62 bits per heavy atom. The van der Waals surface area contributed by atoms with Crippen LogP contribution >= 0.6 is 11.8 Å². The van der Waals surface area contributed by atoms with E-state index in [0.29, 0.717) is 10.9 Å². The fourth-order valence-electron chi connectivity index (χ4n) is 3.26. The van der Waals surface area contributed by atoms with E-state index in [1.807, 2.05) is 66.7 Å². The van der Waals surface area contributed by atoms with Crippen LogP contribution in [0.1, 0.15) is 22.3 Å². The van der Waals surface area contributed by atoms with Gasteiger partial charge in [0.15, 0.2) is 5.17 Å². The van der Waals surface area contributed by atoms with E-state index >= 15 is 0 Å².